The minimum atomic E-state index is -0.280. The zero-order chi connectivity index (χ0) is 19.0. The zero-order valence-corrected chi connectivity index (χ0v) is 17.0. The van der Waals surface area contributed by atoms with Crippen molar-refractivity contribution in [1.29, 1.82) is 0 Å². The number of halogens is 1. The summed E-state index contributed by atoms with van der Waals surface area (Å²) < 4.78 is 5.88. The predicted molar refractivity (Wildman–Crippen MR) is 116 cm³/mol. The van der Waals surface area contributed by atoms with Crippen LogP contribution in [0.4, 0.5) is 11.4 Å². The lowest BCUT2D eigenvalue weighted by Gasteiger charge is -2.36. The molecule has 0 aliphatic carbocycles. The number of nitrogens with two attached hydrogens (primary N) is 1. The van der Waals surface area contributed by atoms with Crippen molar-refractivity contribution < 1.29 is 9.21 Å². The standard InChI is InChI=1S/C22H25N3O2.ClH/c1-14(21-13-16-7-3-4-11-20(16)27-21)24-22(26)15(2)25-12-6-8-17-18(23)9-5-10-19(17)25;/h3-5,7,9-11,13-15H,6,8,12,23H2,1-2H3,(H,24,26);1H. The van der Waals surface area contributed by atoms with Gasteiger partial charge in [-0.1, -0.05) is 24.3 Å². The Kier molecular flexibility index (Phi) is 5.84. The number of carbonyl (C=O) groups is 1. The number of fused-ring (bicyclic) bond motifs is 2. The number of furan rings is 1. The molecule has 4 rings (SSSR count). The fourth-order valence-corrected chi connectivity index (χ4v) is 3.84. The lowest BCUT2D eigenvalue weighted by Crippen LogP contribution is -2.47. The Morgan fingerprint density at radius 2 is 1.96 bits per heavy atom. The van der Waals surface area contributed by atoms with E-state index >= 15 is 0 Å². The Morgan fingerprint density at radius 3 is 2.75 bits per heavy atom. The minimum Gasteiger partial charge on any atom is -0.459 e. The number of nitrogens with zero attached hydrogens (tertiary/aromatic N) is 1. The third kappa shape index (κ3) is 3.67. The van der Waals surface area contributed by atoms with E-state index in [1.807, 2.05) is 56.3 Å². The summed E-state index contributed by atoms with van der Waals surface area (Å²) in [6, 6.07) is 15.3. The van der Waals surface area contributed by atoms with Gasteiger partial charge in [-0.2, -0.15) is 0 Å². The van der Waals surface area contributed by atoms with Gasteiger partial charge in [-0.15, -0.1) is 12.4 Å². The normalized spacial score (nSPS) is 15.4. The molecule has 6 heteroatoms. The fraction of sp³-hybridized carbons (Fsp3) is 0.318. The lowest BCUT2D eigenvalue weighted by molar-refractivity contribution is -0.122. The third-order valence-electron chi connectivity index (χ3n) is 5.40. The van der Waals surface area contributed by atoms with E-state index < -0.39 is 0 Å². The number of anilines is 2. The number of nitrogens with one attached hydrogen (secondary N) is 1. The molecule has 5 nitrogen and oxygen atoms in total. The second kappa shape index (κ2) is 8.15. The molecule has 0 radical (unpaired) electrons. The molecule has 1 amide bonds. The first-order valence-corrected chi connectivity index (χ1v) is 9.47. The summed E-state index contributed by atoms with van der Waals surface area (Å²) in [5.74, 6) is 0.748. The number of benzene rings is 2. The molecule has 1 aromatic heterocycles. The predicted octanol–water partition coefficient (Wildman–Crippen LogP) is 4.46. The highest BCUT2D eigenvalue weighted by Gasteiger charge is 2.28. The second-order valence-corrected chi connectivity index (χ2v) is 7.23. The van der Waals surface area contributed by atoms with Gasteiger partial charge in [0.25, 0.3) is 0 Å². The molecule has 2 atom stereocenters. The van der Waals surface area contributed by atoms with Gasteiger partial charge in [0, 0.05) is 23.3 Å². The highest BCUT2D eigenvalue weighted by atomic mass is 35.5. The lowest BCUT2D eigenvalue weighted by atomic mass is 9.98. The average Bonchev–Trinajstić information content (AvgIpc) is 3.12. The van der Waals surface area contributed by atoms with E-state index in [2.05, 4.69) is 16.3 Å². The molecule has 2 aromatic carbocycles. The number of hydrogen-bond donors (Lipinski definition) is 2. The number of nitrogen functional groups attached to an aromatic ring is 1. The summed E-state index contributed by atoms with van der Waals surface area (Å²) >= 11 is 0. The number of carbonyl (C=O) groups excluding carboxylic acids is 1. The first-order chi connectivity index (χ1) is 13.0. The Bertz CT molecular complexity index is 952. The molecule has 0 saturated carbocycles. The van der Waals surface area contributed by atoms with Crippen molar-refractivity contribution in [1.82, 2.24) is 5.32 Å². The van der Waals surface area contributed by atoms with Crippen LogP contribution in [-0.2, 0) is 11.2 Å². The van der Waals surface area contributed by atoms with Crippen molar-refractivity contribution in [2.45, 2.75) is 38.8 Å². The second-order valence-electron chi connectivity index (χ2n) is 7.23. The summed E-state index contributed by atoms with van der Waals surface area (Å²) in [5, 5.41) is 4.14. The van der Waals surface area contributed by atoms with Crippen molar-refractivity contribution in [2.24, 2.45) is 0 Å². The molecule has 1 aliphatic rings. The zero-order valence-electron chi connectivity index (χ0n) is 16.1. The highest BCUT2D eigenvalue weighted by Crippen LogP contribution is 2.32. The Balaban J connectivity index is 0.00000225. The SMILES string of the molecule is CC(NC(=O)C(C)N1CCCc2c(N)cccc21)c1cc2ccccc2o1.Cl. The first kappa shape index (κ1) is 20.1. The molecule has 28 heavy (non-hydrogen) atoms. The van der Waals surface area contributed by atoms with Crippen molar-refractivity contribution >= 4 is 40.7 Å². The van der Waals surface area contributed by atoms with Crippen LogP contribution in [0.15, 0.2) is 52.9 Å². The molecule has 148 valence electrons. The largest absolute Gasteiger partial charge is 0.459 e. The van der Waals surface area contributed by atoms with Crippen LogP contribution in [0.3, 0.4) is 0 Å². The van der Waals surface area contributed by atoms with Crippen molar-refractivity contribution in [3.05, 3.63) is 59.9 Å². The fourth-order valence-electron chi connectivity index (χ4n) is 3.84. The first-order valence-electron chi connectivity index (χ1n) is 9.47. The molecular weight excluding hydrogens is 374 g/mol. The Labute approximate surface area is 171 Å². The quantitative estimate of drug-likeness (QED) is 0.635. The van der Waals surface area contributed by atoms with Crippen LogP contribution in [0.25, 0.3) is 11.0 Å². The molecule has 0 saturated heterocycles. The van der Waals surface area contributed by atoms with Gasteiger partial charge >= 0.3 is 0 Å². The number of hydrogen-bond acceptors (Lipinski definition) is 4. The molecule has 2 unspecified atom stereocenters. The molecule has 0 spiro atoms. The van der Waals surface area contributed by atoms with Crippen LogP contribution >= 0.6 is 12.4 Å². The van der Waals surface area contributed by atoms with E-state index in [0.29, 0.717) is 0 Å². The minimum absolute atomic E-state index is 0. The summed E-state index contributed by atoms with van der Waals surface area (Å²) in [6.07, 6.45) is 1.96. The number of para-hydroxylation sites is 1. The van der Waals surface area contributed by atoms with Crippen LogP contribution < -0.4 is 16.0 Å². The molecule has 0 bridgehead atoms. The van der Waals surface area contributed by atoms with Crippen LogP contribution in [0.2, 0.25) is 0 Å². The van der Waals surface area contributed by atoms with Gasteiger partial charge in [0.1, 0.15) is 17.4 Å². The number of rotatable bonds is 4. The van der Waals surface area contributed by atoms with Gasteiger partial charge in [0.05, 0.1) is 6.04 Å². The van der Waals surface area contributed by atoms with Gasteiger partial charge < -0.3 is 20.4 Å². The van der Waals surface area contributed by atoms with Crippen LogP contribution in [0.5, 0.6) is 0 Å². The molecule has 3 aromatic rings. The monoisotopic (exact) mass is 399 g/mol. The smallest absolute Gasteiger partial charge is 0.242 e. The average molecular weight is 400 g/mol. The topological polar surface area (TPSA) is 71.5 Å². The molecule has 3 N–H and O–H groups in total. The highest BCUT2D eigenvalue weighted by molar-refractivity contribution is 5.86. The molecular formula is C22H26ClN3O2. The van der Waals surface area contributed by atoms with Gasteiger partial charge in [-0.25, -0.2) is 0 Å². The van der Waals surface area contributed by atoms with E-state index in [4.69, 9.17) is 10.2 Å². The van der Waals surface area contributed by atoms with Crippen LogP contribution in [0.1, 0.15) is 37.6 Å². The van der Waals surface area contributed by atoms with Gasteiger partial charge in [0.15, 0.2) is 0 Å². The Hall–Kier alpha value is -2.66. The van der Waals surface area contributed by atoms with E-state index in [-0.39, 0.29) is 30.4 Å². The molecule has 2 heterocycles. The summed E-state index contributed by atoms with van der Waals surface area (Å²) in [6.45, 7) is 4.74. The van der Waals surface area contributed by atoms with E-state index in [1.165, 1.54) is 0 Å². The maximum atomic E-state index is 12.9. The summed E-state index contributed by atoms with van der Waals surface area (Å²) in [5.41, 5.74) is 9.99. The van der Waals surface area contributed by atoms with Crippen molar-refractivity contribution in [3.8, 4) is 0 Å². The summed E-state index contributed by atoms with van der Waals surface area (Å²) in [4.78, 5) is 15.1. The number of amides is 1. The van der Waals surface area contributed by atoms with Gasteiger partial charge in [-0.3, -0.25) is 4.79 Å². The van der Waals surface area contributed by atoms with E-state index in [1.54, 1.807) is 0 Å². The van der Waals surface area contributed by atoms with E-state index in [9.17, 15) is 4.79 Å². The van der Waals surface area contributed by atoms with Crippen LogP contribution in [-0.4, -0.2) is 18.5 Å². The maximum absolute atomic E-state index is 12.9. The summed E-state index contributed by atoms with van der Waals surface area (Å²) in [7, 11) is 0. The van der Waals surface area contributed by atoms with E-state index in [0.717, 1.165) is 53.1 Å². The van der Waals surface area contributed by atoms with Crippen LogP contribution in [0, 0.1) is 0 Å². The molecule has 0 fully saturated rings. The molecule has 1 aliphatic heterocycles. The maximum Gasteiger partial charge on any atom is 0.242 e. The Morgan fingerprint density at radius 1 is 1.18 bits per heavy atom. The van der Waals surface area contributed by atoms with Crippen molar-refractivity contribution in [3.63, 3.8) is 0 Å². The van der Waals surface area contributed by atoms with Crippen molar-refractivity contribution in [2.75, 3.05) is 17.2 Å². The third-order valence-corrected chi connectivity index (χ3v) is 5.40. The van der Waals surface area contributed by atoms with Gasteiger partial charge in [-0.05, 0) is 56.5 Å². The van der Waals surface area contributed by atoms with Gasteiger partial charge in [0.2, 0.25) is 5.91 Å².